The highest BCUT2D eigenvalue weighted by Gasteiger charge is 2.62. The normalized spacial score (nSPS) is 28.4. The van der Waals surface area contributed by atoms with Crippen LogP contribution in [0.2, 0.25) is 0 Å². The number of esters is 1. The molecule has 1 N–H and O–H groups in total. The zero-order chi connectivity index (χ0) is 20.9. The fourth-order valence-corrected chi connectivity index (χ4v) is 5.19. The van der Waals surface area contributed by atoms with E-state index in [4.69, 9.17) is 4.74 Å². The fraction of sp³-hybridized carbons (Fsp3) is 0.545. The molecule has 2 aliphatic carbocycles. The minimum Gasteiger partial charge on any atom is -0.454 e. The molecule has 2 saturated carbocycles. The van der Waals surface area contributed by atoms with Gasteiger partial charge in [-0.15, -0.1) is 0 Å². The standard InChI is InChI=1S/C22H26N2O5/c1-11-4-7-16(8-12(11)2)23-17(25)10-29-22(28)13(3)24-20(26)18-14-5-6-15(9-14)19(18)21(24)27/h4,7-8,13-15,18-19H,5-6,9-10H2,1-3H3,(H,23,25)/t13-,14-,15+,18-,19-/m0/s1. The van der Waals surface area contributed by atoms with E-state index < -0.39 is 24.5 Å². The predicted octanol–water partition coefficient (Wildman–Crippen LogP) is 2.20. The van der Waals surface area contributed by atoms with Gasteiger partial charge in [0.15, 0.2) is 6.61 Å². The molecule has 0 radical (unpaired) electrons. The number of ether oxygens (including phenoxy) is 1. The lowest BCUT2D eigenvalue weighted by molar-refractivity contribution is -0.159. The fourth-order valence-electron chi connectivity index (χ4n) is 5.19. The molecule has 4 rings (SSSR count). The Hall–Kier alpha value is -2.70. The van der Waals surface area contributed by atoms with Crippen molar-refractivity contribution in [2.45, 2.75) is 46.1 Å². The number of aryl methyl sites for hydroxylation is 2. The van der Waals surface area contributed by atoms with Crippen molar-refractivity contribution in [1.29, 1.82) is 0 Å². The molecule has 29 heavy (non-hydrogen) atoms. The molecule has 7 heteroatoms. The van der Waals surface area contributed by atoms with Gasteiger partial charge in [0.05, 0.1) is 11.8 Å². The van der Waals surface area contributed by atoms with Gasteiger partial charge >= 0.3 is 5.97 Å². The average Bonchev–Trinajstić information content (AvgIpc) is 3.36. The number of nitrogens with one attached hydrogen (secondary N) is 1. The number of hydrogen-bond acceptors (Lipinski definition) is 5. The minimum absolute atomic E-state index is 0.253. The van der Waals surface area contributed by atoms with E-state index in [0.717, 1.165) is 35.3 Å². The Bertz CT molecular complexity index is 867. The molecular formula is C22H26N2O5. The summed E-state index contributed by atoms with van der Waals surface area (Å²) in [6, 6.07) is 4.49. The number of carbonyl (C=O) groups excluding carboxylic acids is 4. The topological polar surface area (TPSA) is 92.8 Å². The van der Waals surface area contributed by atoms with E-state index >= 15 is 0 Å². The maximum Gasteiger partial charge on any atom is 0.329 e. The first-order valence-electron chi connectivity index (χ1n) is 10.2. The largest absolute Gasteiger partial charge is 0.454 e. The van der Waals surface area contributed by atoms with Crippen LogP contribution in [0.5, 0.6) is 0 Å². The molecule has 154 valence electrons. The van der Waals surface area contributed by atoms with Gasteiger partial charge in [-0.1, -0.05) is 6.07 Å². The minimum atomic E-state index is -1.02. The van der Waals surface area contributed by atoms with Gasteiger partial charge in [0, 0.05) is 5.69 Å². The Morgan fingerprint density at radius 2 is 1.72 bits per heavy atom. The van der Waals surface area contributed by atoms with E-state index in [1.807, 2.05) is 26.0 Å². The highest BCUT2D eigenvalue weighted by atomic mass is 16.5. The first-order valence-corrected chi connectivity index (χ1v) is 10.2. The molecule has 1 aliphatic heterocycles. The number of carbonyl (C=O) groups is 4. The predicted molar refractivity (Wildman–Crippen MR) is 105 cm³/mol. The van der Waals surface area contributed by atoms with Crippen LogP contribution in [-0.4, -0.2) is 41.2 Å². The molecule has 2 bridgehead atoms. The lowest BCUT2D eigenvalue weighted by Crippen LogP contribution is -2.45. The molecule has 7 nitrogen and oxygen atoms in total. The molecule has 3 amide bonds. The average molecular weight is 398 g/mol. The van der Waals surface area contributed by atoms with E-state index in [-0.39, 0.29) is 35.5 Å². The Morgan fingerprint density at radius 3 is 2.31 bits per heavy atom. The van der Waals surface area contributed by atoms with Crippen LogP contribution >= 0.6 is 0 Å². The number of imide groups is 1. The third kappa shape index (κ3) is 3.32. The number of rotatable bonds is 5. The van der Waals surface area contributed by atoms with E-state index in [2.05, 4.69) is 5.32 Å². The Kier molecular flexibility index (Phi) is 4.92. The number of nitrogens with zero attached hydrogens (tertiary/aromatic N) is 1. The highest BCUT2D eigenvalue weighted by molar-refractivity contribution is 6.08. The third-order valence-corrected chi connectivity index (χ3v) is 6.83. The van der Waals surface area contributed by atoms with Gasteiger partial charge in [0.1, 0.15) is 6.04 Å². The van der Waals surface area contributed by atoms with E-state index in [1.54, 1.807) is 6.07 Å². The van der Waals surface area contributed by atoms with E-state index in [9.17, 15) is 19.2 Å². The van der Waals surface area contributed by atoms with Gasteiger partial charge in [-0.3, -0.25) is 19.3 Å². The van der Waals surface area contributed by atoms with Crippen molar-refractivity contribution >= 4 is 29.4 Å². The quantitative estimate of drug-likeness (QED) is 0.606. The number of amides is 3. The summed E-state index contributed by atoms with van der Waals surface area (Å²) in [5, 5.41) is 2.68. The summed E-state index contributed by atoms with van der Waals surface area (Å²) in [6.45, 7) is 4.94. The Balaban J connectivity index is 1.34. The van der Waals surface area contributed by atoms with Crippen molar-refractivity contribution in [2.75, 3.05) is 11.9 Å². The summed E-state index contributed by atoms with van der Waals surface area (Å²) in [5.74, 6) is -1.74. The molecular weight excluding hydrogens is 372 g/mol. The van der Waals surface area contributed by atoms with Gasteiger partial charge in [-0.05, 0) is 75.1 Å². The second-order valence-corrected chi connectivity index (χ2v) is 8.56. The maximum absolute atomic E-state index is 12.8. The van der Waals surface area contributed by atoms with E-state index in [0.29, 0.717) is 5.69 Å². The van der Waals surface area contributed by atoms with Crippen LogP contribution in [-0.2, 0) is 23.9 Å². The van der Waals surface area contributed by atoms with Crippen molar-refractivity contribution in [3.63, 3.8) is 0 Å². The highest BCUT2D eigenvalue weighted by Crippen LogP contribution is 2.56. The van der Waals surface area contributed by atoms with Crippen molar-refractivity contribution in [2.24, 2.45) is 23.7 Å². The van der Waals surface area contributed by atoms with Crippen molar-refractivity contribution in [3.8, 4) is 0 Å². The van der Waals surface area contributed by atoms with Gasteiger partial charge in [-0.2, -0.15) is 0 Å². The monoisotopic (exact) mass is 398 g/mol. The molecule has 1 aromatic rings. The SMILES string of the molecule is Cc1ccc(NC(=O)COC(=O)[C@H](C)N2C(=O)[C@H]3[C@@H]4CC[C@@H](C4)[C@@H]3C2=O)cc1C. The molecule has 0 aromatic heterocycles. The molecule has 1 aromatic carbocycles. The summed E-state index contributed by atoms with van der Waals surface area (Å²) >= 11 is 0. The molecule has 1 heterocycles. The summed E-state index contributed by atoms with van der Waals surface area (Å²) in [6.07, 6.45) is 2.91. The van der Waals surface area contributed by atoms with Gasteiger partial charge in [-0.25, -0.2) is 4.79 Å². The number of benzene rings is 1. The Labute approximate surface area is 169 Å². The zero-order valence-corrected chi connectivity index (χ0v) is 16.9. The molecule has 0 spiro atoms. The lowest BCUT2D eigenvalue weighted by Gasteiger charge is -2.23. The first kappa shape index (κ1) is 19.6. The summed E-state index contributed by atoms with van der Waals surface area (Å²) < 4.78 is 5.10. The van der Waals surface area contributed by atoms with Crippen LogP contribution in [0.25, 0.3) is 0 Å². The summed E-state index contributed by atoms with van der Waals surface area (Å²) in [7, 11) is 0. The molecule has 5 atom stereocenters. The third-order valence-electron chi connectivity index (χ3n) is 6.83. The smallest absolute Gasteiger partial charge is 0.329 e. The second kappa shape index (κ2) is 7.28. The Morgan fingerprint density at radius 1 is 1.10 bits per heavy atom. The van der Waals surface area contributed by atoms with Gasteiger partial charge < -0.3 is 10.1 Å². The van der Waals surface area contributed by atoms with Crippen molar-refractivity contribution in [1.82, 2.24) is 4.90 Å². The summed E-state index contributed by atoms with van der Waals surface area (Å²) in [5.41, 5.74) is 2.77. The molecule has 0 unspecified atom stereocenters. The van der Waals surface area contributed by atoms with Crippen LogP contribution in [0.1, 0.15) is 37.3 Å². The maximum atomic E-state index is 12.8. The zero-order valence-electron chi connectivity index (χ0n) is 16.9. The number of fused-ring (bicyclic) bond motifs is 5. The second-order valence-electron chi connectivity index (χ2n) is 8.56. The van der Waals surface area contributed by atoms with Crippen molar-refractivity contribution in [3.05, 3.63) is 29.3 Å². The molecule has 3 fully saturated rings. The van der Waals surface area contributed by atoms with Crippen LogP contribution in [0.3, 0.4) is 0 Å². The van der Waals surface area contributed by atoms with Crippen molar-refractivity contribution < 1.29 is 23.9 Å². The first-order chi connectivity index (χ1) is 13.8. The summed E-state index contributed by atoms with van der Waals surface area (Å²) in [4.78, 5) is 51.2. The molecule has 1 saturated heterocycles. The number of hydrogen-bond donors (Lipinski definition) is 1. The van der Waals surface area contributed by atoms with Crippen LogP contribution in [0.4, 0.5) is 5.69 Å². The van der Waals surface area contributed by atoms with Gasteiger partial charge in [0.25, 0.3) is 5.91 Å². The van der Waals surface area contributed by atoms with Gasteiger partial charge in [0.2, 0.25) is 11.8 Å². The number of likely N-dealkylation sites (tertiary alicyclic amines) is 1. The van der Waals surface area contributed by atoms with Crippen LogP contribution in [0, 0.1) is 37.5 Å². The number of anilines is 1. The van der Waals surface area contributed by atoms with E-state index in [1.165, 1.54) is 6.92 Å². The molecule has 3 aliphatic rings. The van der Waals surface area contributed by atoms with Crippen LogP contribution < -0.4 is 5.32 Å². The van der Waals surface area contributed by atoms with Crippen LogP contribution in [0.15, 0.2) is 18.2 Å². The lowest BCUT2D eigenvalue weighted by atomic mass is 9.81.